The van der Waals surface area contributed by atoms with E-state index in [9.17, 15) is 25.8 Å². The van der Waals surface area contributed by atoms with Crippen molar-refractivity contribution in [3.05, 3.63) is 41.7 Å². The molecule has 0 bridgehead atoms. The van der Waals surface area contributed by atoms with Crippen LogP contribution in [0.25, 0.3) is 5.57 Å². The van der Waals surface area contributed by atoms with Crippen molar-refractivity contribution in [2.24, 2.45) is 11.8 Å². The van der Waals surface area contributed by atoms with Crippen LogP contribution in [0.2, 0.25) is 0 Å². The van der Waals surface area contributed by atoms with Gasteiger partial charge < -0.3 is 4.74 Å². The number of hydrogen-bond donors (Lipinski definition) is 1. The highest BCUT2D eigenvalue weighted by atomic mass is 16.6. The van der Waals surface area contributed by atoms with E-state index in [2.05, 4.69) is 12.1 Å². The van der Waals surface area contributed by atoms with Crippen LogP contribution in [0.5, 0.6) is 0 Å². The summed E-state index contributed by atoms with van der Waals surface area (Å²) in [5.41, 5.74) is 0.529. The van der Waals surface area contributed by atoms with Gasteiger partial charge in [-0.05, 0) is 12.0 Å². The molecule has 7 nitrogen and oxygen atoms in total. The number of morpholine rings is 1. The molecule has 4 unspecified atom stereocenters. The molecule has 1 saturated carbocycles. The number of carbonyl (C=O) groups is 1. The minimum atomic E-state index is -0.811. The number of hydroxylamine groups is 2. The predicted molar refractivity (Wildman–Crippen MR) is 83.7 cm³/mol. The number of carbonyl (C=O) groups excluding carboxylic acids is 1. The van der Waals surface area contributed by atoms with Gasteiger partial charge in [-0.3, -0.25) is 10.0 Å². The maximum Gasteiger partial charge on any atom is 0.314 e. The van der Waals surface area contributed by atoms with Crippen molar-refractivity contribution in [3.8, 4) is 18.2 Å². The van der Waals surface area contributed by atoms with Crippen LogP contribution in [0, 0.1) is 45.8 Å². The standard InChI is InChI=1S/C18H14N4O3/c19-8-12-6-15-16(7-13(12)9-20)25-17(18(23)22(15)24)14(10-21)11-4-2-1-3-5-11/h1-5,12-13,15-16,24H,6-7H2/b17-14+. The van der Waals surface area contributed by atoms with E-state index in [0.29, 0.717) is 10.6 Å². The van der Waals surface area contributed by atoms with Gasteiger partial charge in [0.2, 0.25) is 5.76 Å². The normalized spacial score (nSPS) is 30.2. The molecular weight excluding hydrogens is 320 g/mol. The Hall–Kier alpha value is -3.34. The van der Waals surface area contributed by atoms with Crippen LogP contribution in [0.1, 0.15) is 18.4 Å². The zero-order valence-electron chi connectivity index (χ0n) is 13.2. The summed E-state index contributed by atoms with van der Waals surface area (Å²) in [4.78, 5) is 12.5. The van der Waals surface area contributed by atoms with Crippen LogP contribution in [0.4, 0.5) is 0 Å². The zero-order chi connectivity index (χ0) is 18.0. The Bertz CT molecular complexity index is 844. The molecule has 1 N–H and O–H groups in total. The van der Waals surface area contributed by atoms with E-state index in [1.807, 2.05) is 6.07 Å². The lowest BCUT2D eigenvalue weighted by Crippen LogP contribution is -2.56. The summed E-state index contributed by atoms with van der Waals surface area (Å²) >= 11 is 0. The molecule has 124 valence electrons. The molecule has 3 rings (SSSR count). The van der Waals surface area contributed by atoms with Gasteiger partial charge in [0, 0.05) is 6.42 Å². The fourth-order valence-electron chi connectivity index (χ4n) is 3.29. The van der Waals surface area contributed by atoms with Crippen molar-refractivity contribution in [2.75, 3.05) is 0 Å². The van der Waals surface area contributed by atoms with Crippen LogP contribution < -0.4 is 0 Å². The molecule has 7 heteroatoms. The zero-order valence-corrected chi connectivity index (χ0v) is 13.2. The number of fused-ring (bicyclic) bond motifs is 1. The molecule has 1 aliphatic carbocycles. The van der Waals surface area contributed by atoms with E-state index in [4.69, 9.17) is 4.74 Å². The van der Waals surface area contributed by atoms with Gasteiger partial charge in [0.25, 0.3) is 0 Å². The van der Waals surface area contributed by atoms with E-state index in [-0.39, 0.29) is 24.2 Å². The van der Waals surface area contributed by atoms with Crippen LogP contribution in [-0.2, 0) is 9.53 Å². The number of benzene rings is 1. The first-order chi connectivity index (χ1) is 12.1. The highest BCUT2D eigenvalue weighted by Gasteiger charge is 2.48. The number of hydrogen-bond acceptors (Lipinski definition) is 6. The van der Waals surface area contributed by atoms with Gasteiger partial charge in [-0.1, -0.05) is 30.3 Å². The summed E-state index contributed by atoms with van der Waals surface area (Å²) in [6.45, 7) is 0. The topological polar surface area (TPSA) is 121 Å². The average molecular weight is 334 g/mol. The summed E-state index contributed by atoms with van der Waals surface area (Å²) in [6.07, 6.45) is -0.276. The second-order valence-corrected chi connectivity index (χ2v) is 6.00. The van der Waals surface area contributed by atoms with E-state index in [0.717, 1.165) is 0 Å². The SMILES string of the molecule is N#C/C(=C1\OC2CC(C#N)C(C#N)CC2N(O)C1=O)c1ccccc1. The Labute approximate surface area is 144 Å². The molecule has 1 saturated heterocycles. The molecule has 4 atom stereocenters. The molecule has 0 spiro atoms. The second kappa shape index (κ2) is 6.65. The van der Waals surface area contributed by atoms with Gasteiger partial charge in [0.05, 0.1) is 30.0 Å². The van der Waals surface area contributed by atoms with E-state index in [1.54, 1.807) is 30.3 Å². The Kier molecular flexibility index (Phi) is 4.39. The molecule has 1 amide bonds. The van der Waals surface area contributed by atoms with Crippen molar-refractivity contribution >= 4 is 11.5 Å². The molecule has 0 aromatic heterocycles. The monoisotopic (exact) mass is 334 g/mol. The first-order valence-corrected chi connectivity index (χ1v) is 7.78. The summed E-state index contributed by atoms with van der Waals surface area (Å²) in [7, 11) is 0. The van der Waals surface area contributed by atoms with E-state index >= 15 is 0 Å². The average Bonchev–Trinajstić information content (AvgIpc) is 2.66. The summed E-state index contributed by atoms with van der Waals surface area (Å²) < 4.78 is 5.75. The number of ether oxygens (including phenoxy) is 1. The largest absolute Gasteiger partial charge is 0.481 e. The van der Waals surface area contributed by atoms with Crippen LogP contribution in [0.3, 0.4) is 0 Å². The molecule has 2 aliphatic rings. The Morgan fingerprint density at radius 3 is 2.36 bits per heavy atom. The Morgan fingerprint density at radius 1 is 1.12 bits per heavy atom. The summed E-state index contributed by atoms with van der Waals surface area (Å²) in [5, 5.41) is 38.7. The first-order valence-electron chi connectivity index (χ1n) is 7.78. The Morgan fingerprint density at radius 2 is 1.76 bits per heavy atom. The number of allylic oxidation sites excluding steroid dienone is 1. The third kappa shape index (κ3) is 2.80. The lowest BCUT2D eigenvalue weighted by molar-refractivity contribution is -0.209. The number of amides is 1. The third-order valence-electron chi connectivity index (χ3n) is 4.62. The fraction of sp³-hybridized carbons (Fsp3) is 0.333. The van der Waals surface area contributed by atoms with Crippen molar-refractivity contribution in [2.45, 2.75) is 25.0 Å². The second-order valence-electron chi connectivity index (χ2n) is 6.00. The van der Waals surface area contributed by atoms with E-state index in [1.165, 1.54) is 0 Å². The van der Waals surface area contributed by atoms with Gasteiger partial charge in [0.1, 0.15) is 17.7 Å². The summed E-state index contributed by atoms with van der Waals surface area (Å²) in [6, 6.07) is 14.0. The summed E-state index contributed by atoms with van der Waals surface area (Å²) in [5.74, 6) is -2.16. The van der Waals surface area contributed by atoms with Gasteiger partial charge in [-0.2, -0.15) is 15.8 Å². The molecule has 0 radical (unpaired) electrons. The first kappa shape index (κ1) is 16.5. The van der Waals surface area contributed by atoms with Crippen molar-refractivity contribution in [1.29, 1.82) is 15.8 Å². The Balaban J connectivity index is 2.00. The smallest absolute Gasteiger partial charge is 0.314 e. The van der Waals surface area contributed by atoms with Crippen molar-refractivity contribution < 1.29 is 14.7 Å². The van der Waals surface area contributed by atoms with E-state index < -0.39 is 29.9 Å². The maximum atomic E-state index is 12.5. The number of nitrogens with zero attached hydrogens (tertiary/aromatic N) is 4. The van der Waals surface area contributed by atoms with Gasteiger partial charge in [0.15, 0.2) is 0 Å². The molecule has 25 heavy (non-hydrogen) atoms. The third-order valence-corrected chi connectivity index (χ3v) is 4.62. The molecular formula is C18H14N4O3. The van der Waals surface area contributed by atoms with Crippen LogP contribution in [0.15, 0.2) is 36.1 Å². The van der Waals surface area contributed by atoms with Gasteiger partial charge in [-0.15, -0.1) is 0 Å². The highest BCUT2D eigenvalue weighted by molar-refractivity contribution is 6.02. The number of nitriles is 3. The van der Waals surface area contributed by atoms with Gasteiger partial charge in [-0.25, -0.2) is 5.06 Å². The predicted octanol–water partition coefficient (Wildman–Crippen LogP) is 1.98. The lowest BCUT2D eigenvalue weighted by atomic mass is 9.76. The van der Waals surface area contributed by atoms with Crippen LogP contribution >= 0.6 is 0 Å². The molecule has 2 fully saturated rings. The molecule has 1 aromatic carbocycles. The number of rotatable bonds is 1. The minimum Gasteiger partial charge on any atom is -0.481 e. The van der Waals surface area contributed by atoms with Gasteiger partial charge >= 0.3 is 5.91 Å². The maximum absolute atomic E-state index is 12.5. The van der Waals surface area contributed by atoms with Crippen molar-refractivity contribution in [3.63, 3.8) is 0 Å². The lowest BCUT2D eigenvalue weighted by Gasteiger charge is -2.43. The highest BCUT2D eigenvalue weighted by Crippen LogP contribution is 2.39. The van der Waals surface area contributed by atoms with Crippen molar-refractivity contribution in [1.82, 2.24) is 5.06 Å². The molecule has 1 aromatic rings. The minimum absolute atomic E-state index is 0.0269. The fourth-order valence-corrected chi connectivity index (χ4v) is 3.29. The van der Waals surface area contributed by atoms with Crippen LogP contribution in [-0.4, -0.2) is 28.3 Å². The quantitative estimate of drug-likeness (QED) is 0.476. The molecule has 1 aliphatic heterocycles. The molecule has 1 heterocycles.